The first-order valence-electron chi connectivity index (χ1n) is 5.51. The van der Waals surface area contributed by atoms with E-state index in [1.54, 1.807) is 7.11 Å². The molecular formula is C10H16N4O2S. The third-order valence-electron chi connectivity index (χ3n) is 2.45. The quantitative estimate of drug-likeness (QED) is 0.651. The maximum atomic E-state index is 11.9. The summed E-state index contributed by atoms with van der Waals surface area (Å²) in [6.07, 6.45) is 2.10. The predicted octanol–water partition coefficient (Wildman–Crippen LogP) is 0.676. The number of carbonyl (C=O) groups excluding carboxylic acids is 1. The van der Waals surface area contributed by atoms with Crippen LogP contribution in [-0.4, -0.2) is 36.6 Å². The van der Waals surface area contributed by atoms with Crippen LogP contribution in [0.4, 0.5) is 10.8 Å². The molecule has 0 unspecified atom stereocenters. The van der Waals surface area contributed by atoms with E-state index >= 15 is 0 Å². The summed E-state index contributed by atoms with van der Waals surface area (Å²) in [6.45, 7) is 1.20. The van der Waals surface area contributed by atoms with E-state index < -0.39 is 0 Å². The van der Waals surface area contributed by atoms with Crippen LogP contribution in [0.2, 0.25) is 0 Å². The zero-order valence-corrected chi connectivity index (χ0v) is 10.5. The molecule has 1 saturated carbocycles. The maximum absolute atomic E-state index is 11.9. The first kappa shape index (κ1) is 12.1. The molecule has 0 aromatic carbocycles. The minimum Gasteiger partial charge on any atom is -0.383 e. The fraction of sp³-hybridized carbons (Fsp3) is 0.600. The van der Waals surface area contributed by atoms with Crippen molar-refractivity contribution in [3.8, 4) is 0 Å². The van der Waals surface area contributed by atoms with Crippen molar-refractivity contribution in [2.75, 3.05) is 31.3 Å². The van der Waals surface area contributed by atoms with Gasteiger partial charge in [-0.1, -0.05) is 0 Å². The Hall–Kier alpha value is -1.34. The summed E-state index contributed by atoms with van der Waals surface area (Å²) >= 11 is 1.20. The lowest BCUT2D eigenvalue weighted by atomic mass is 10.3. The second kappa shape index (κ2) is 5.33. The van der Waals surface area contributed by atoms with Gasteiger partial charge in [0.15, 0.2) is 5.82 Å². The number of methoxy groups -OCH3 is 1. The Morgan fingerprint density at radius 3 is 3.06 bits per heavy atom. The number of anilines is 2. The smallest absolute Gasteiger partial charge is 0.258 e. The number of nitrogens with zero attached hydrogens (tertiary/aromatic N) is 1. The zero-order chi connectivity index (χ0) is 12.3. The van der Waals surface area contributed by atoms with Crippen LogP contribution in [0.3, 0.4) is 0 Å². The van der Waals surface area contributed by atoms with Crippen LogP contribution in [0.5, 0.6) is 0 Å². The fourth-order valence-corrected chi connectivity index (χ4v) is 2.13. The highest BCUT2D eigenvalue weighted by molar-refractivity contribution is 7.11. The van der Waals surface area contributed by atoms with E-state index in [-0.39, 0.29) is 11.7 Å². The summed E-state index contributed by atoms with van der Waals surface area (Å²) in [6, 6.07) is 0.314. The van der Waals surface area contributed by atoms with Crippen molar-refractivity contribution in [1.29, 1.82) is 0 Å². The van der Waals surface area contributed by atoms with Crippen LogP contribution in [0.15, 0.2) is 0 Å². The van der Waals surface area contributed by atoms with Crippen LogP contribution in [-0.2, 0) is 4.74 Å². The van der Waals surface area contributed by atoms with Crippen molar-refractivity contribution in [3.63, 3.8) is 0 Å². The molecule has 7 heteroatoms. The highest BCUT2D eigenvalue weighted by Gasteiger charge is 2.27. The Labute approximate surface area is 104 Å². The Kier molecular flexibility index (Phi) is 3.80. The van der Waals surface area contributed by atoms with Gasteiger partial charge in [0.25, 0.3) is 5.91 Å². The molecule has 0 atom stereocenters. The van der Waals surface area contributed by atoms with Gasteiger partial charge in [-0.2, -0.15) is 4.37 Å². The van der Waals surface area contributed by atoms with Gasteiger partial charge in [0.2, 0.25) is 0 Å². The average molecular weight is 256 g/mol. The molecule has 1 aliphatic rings. The molecule has 94 valence electrons. The minimum atomic E-state index is -0.140. The first-order valence-corrected chi connectivity index (χ1v) is 6.28. The van der Waals surface area contributed by atoms with Crippen molar-refractivity contribution in [2.24, 2.45) is 0 Å². The Morgan fingerprint density at radius 2 is 2.41 bits per heavy atom. The van der Waals surface area contributed by atoms with E-state index in [9.17, 15) is 4.79 Å². The van der Waals surface area contributed by atoms with E-state index in [4.69, 9.17) is 10.5 Å². The van der Waals surface area contributed by atoms with Crippen molar-refractivity contribution < 1.29 is 9.53 Å². The van der Waals surface area contributed by atoms with E-state index in [0.29, 0.717) is 29.8 Å². The standard InChI is InChI=1S/C10H16N4O2S/c1-16-5-4-12-10-7(8(11)14-17-10)9(15)13-6-2-3-6/h6,12H,2-5H2,1H3,(H2,11,14)(H,13,15). The van der Waals surface area contributed by atoms with Gasteiger partial charge in [-0.3, -0.25) is 4.79 Å². The zero-order valence-electron chi connectivity index (χ0n) is 9.66. The minimum absolute atomic E-state index is 0.140. The molecule has 2 rings (SSSR count). The molecule has 1 heterocycles. The molecular weight excluding hydrogens is 240 g/mol. The summed E-state index contributed by atoms with van der Waals surface area (Å²) < 4.78 is 8.93. The number of nitrogens with one attached hydrogen (secondary N) is 2. The molecule has 1 aliphatic carbocycles. The van der Waals surface area contributed by atoms with Gasteiger partial charge in [0, 0.05) is 19.7 Å². The number of ether oxygens (including phenoxy) is 1. The second-order valence-corrected chi connectivity index (χ2v) is 4.71. The molecule has 0 radical (unpaired) electrons. The number of carbonyl (C=O) groups is 1. The van der Waals surface area contributed by atoms with Crippen LogP contribution in [0.1, 0.15) is 23.2 Å². The molecule has 1 aromatic rings. The van der Waals surface area contributed by atoms with Gasteiger partial charge in [-0.25, -0.2) is 0 Å². The lowest BCUT2D eigenvalue weighted by molar-refractivity contribution is 0.0953. The lowest BCUT2D eigenvalue weighted by Crippen LogP contribution is -2.26. The third kappa shape index (κ3) is 3.07. The topological polar surface area (TPSA) is 89.3 Å². The predicted molar refractivity (Wildman–Crippen MR) is 67.4 cm³/mol. The largest absolute Gasteiger partial charge is 0.383 e. The molecule has 1 fully saturated rings. The van der Waals surface area contributed by atoms with E-state index in [0.717, 1.165) is 12.8 Å². The number of nitrogens with two attached hydrogens (primary N) is 1. The Morgan fingerprint density at radius 1 is 1.65 bits per heavy atom. The monoisotopic (exact) mass is 256 g/mol. The molecule has 0 bridgehead atoms. The van der Waals surface area contributed by atoms with Gasteiger partial charge >= 0.3 is 0 Å². The highest BCUT2D eigenvalue weighted by Crippen LogP contribution is 2.28. The van der Waals surface area contributed by atoms with Crippen molar-refractivity contribution in [3.05, 3.63) is 5.56 Å². The first-order chi connectivity index (χ1) is 8.22. The molecule has 6 nitrogen and oxygen atoms in total. The number of rotatable bonds is 6. The van der Waals surface area contributed by atoms with Crippen molar-refractivity contribution in [2.45, 2.75) is 18.9 Å². The van der Waals surface area contributed by atoms with Gasteiger partial charge in [0.1, 0.15) is 10.6 Å². The number of nitrogen functional groups attached to an aromatic ring is 1. The van der Waals surface area contributed by atoms with Crippen LogP contribution in [0, 0.1) is 0 Å². The molecule has 0 aliphatic heterocycles. The van der Waals surface area contributed by atoms with E-state index in [1.807, 2.05) is 0 Å². The van der Waals surface area contributed by atoms with Crippen LogP contribution < -0.4 is 16.4 Å². The summed E-state index contributed by atoms with van der Waals surface area (Å²) in [4.78, 5) is 11.9. The third-order valence-corrected chi connectivity index (χ3v) is 3.27. The number of hydrogen-bond acceptors (Lipinski definition) is 6. The summed E-state index contributed by atoms with van der Waals surface area (Å²) in [5.74, 6) is 0.145. The van der Waals surface area contributed by atoms with Gasteiger partial charge in [-0.05, 0) is 24.4 Å². The number of hydrogen-bond donors (Lipinski definition) is 3. The average Bonchev–Trinajstić information content (AvgIpc) is 3.02. The van der Waals surface area contributed by atoms with E-state index in [1.165, 1.54) is 11.5 Å². The van der Waals surface area contributed by atoms with Gasteiger partial charge in [-0.15, -0.1) is 0 Å². The SMILES string of the molecule is COCCNc1snc(N)c1C(=O)NC1CC1. The Balaban J connectivity index is 2.02. The maximum Gasteiger partial charge on any atom is 0.258 e. The summed E-state index contributed by atoms with van der Waals surface area (Å²) in [5.41, 5.74) is 6.17. The van der Waals surface area contributed by atoms with Crippen molar-refractivity contribution >= 4 is 28.3 Å². The Bertz CT molecular complexity index is 403. The summed E-state index contributed by atoms with van der Waals surface area (Å²) in [5, 5.41) is 6.71. The molecule has 0 spiro atoms. The van der Waals surface area contributed by atoms with Gasteiger partial charge in [0.05, 0.1) is 6.61 Å². The second-order valence-electron chi connectivity index (χ2n) is 3.94. The van der Waals surface area contributed by atoms with E-state index in [2.05, 4.69) is 15.0 Å². The molecule has 1 amide bonds. The highest BCUT2D eigenvalue weighted by atomic mass is 32.1. The van der Waals surface area contributed by atoms with Crippen LogP contribution >= 0.6 is 11.5 Å². The summed E-state index contributed by atoms with van der Waals surface area (Å²) in [7, 11) is 1.63. The fourth-order valence-electron chi connectivity index (χ4n) is 1.39. The van der Waals surface area contributed by atoms with Gasteiger partial charge < -0.3 is 21.1 Å². The normalized spacial score (nSPS) is 14.6. The number of amides is 1. The van der Waals surface area contributed by atoms with Crippen LogP contribution in [0.25, 0.3) is 0 Å². The molecule has 0 saturated heterocycles. The lowest BCUT2D eigenvalue weighted by Gasteiger charge is -2.06. The van der Waals surface area contributed by atoms with Crippen molar-refractivity contribution in [1.82, 2.24) is 9.69 Å². The molecule has 4 N–H and O–H groups in total. The number of aromatic nitrogens is 1. The molecule has 17 heavy (non-hydrogen) atoms. The molecule has 1 aromatic heterocycles.